The zero-order valence-corrected chi connectivity index (χ0v) is 12.3. The first-order valence-electron chi connectivity index (χ1n) is 5.74. The number of benzene rings is 1. The average molecular weight is 300 g/mol. The van der Waals surface area contributed by atoms with Gasteiger partial charge in [-0.3, -0.25) is 0 Å². The maximum absolute atomic E-state index is 11.5. The lowest BCUT2D eigenvalue weighted by atomic mass is 10.2. The molecular formula is C12H16N2O3S2. The second-order valence-electron chi connectivity index (χ2n) is 4.34. The van der Waals surface area contributed by atoms with Crippen molar-refractivity contribution in [3.63, 3.8) is 0 Å². The number of aliphatic hydroxyl groups excluding tert-OH is 1. The zero-order valence-electron chi connectivity index (χ0n) is 10.7. The van der Waals surface area contributed by atoms with Crippen LogP contribution in [0.5, 0.6) is 0 Å². The number of hydrogen-bond acceptors (Lipinski definition) is 4. The van der Waals surface area contributed by atoms with Crippen molar-refractivity contribution >= 4 is 31.6 Å². The number of nitrogens with zero attached hydrogens (tertiary/aromatic N) is 1. The van der Waals surface area contributed by atoms with Gasteiger partial charge in [0.15, 0.2) is 0 Å². The van der Waals surface area contributed by atoms with Crippen LogP contribution in [0.2, 0.25) is 0 Å². The molecule has 0 spiro atoms. The maximum atomic E-state index is 11.5. The Morgan fingerprint density at radius 1 is 1.37 bits per heavy atom. The molecule has 104 valence electrons. The normalized spacial score (nSPS) is 14.1. The molecule has 0 fully saturated rings. The summed E-state index contributed by atoms with van der Waals surface area (Å²) in [5.41, 5.74) is 0. The third-order valence-electron chi connectivity index (χ3n) is 2.71. The van der Waals surface area contributed by atoms with Gasteiger partial charge >= 0.3 is 0 Å². The van der Waals surface area contributed by atoms with Crippen LogP contribution in [0.25, 0.3) is 10.1 Å². The van der Waals surface area contributed by atoms with Crippen LogP contribution in [0, 0.1) is 0 Å². The van der Waals surface area contributed by atoms with Crippen molar-refractivity contribution < 1.29 is 13.5 Å². The quantitative estimate of drug-likeness (QED) is 0.875. The van der Waals surface area contributed by atoms with E-state index in [4.69, 9.17) is 0 Å². The summed E-state index contributed by atoms with van der Waals surface area (Å²) in [6.07, 6.45) is -0.841. The van der Waals surface area contributed by atoms with E-state index in [-0.39, 0.29) is 6.54 Å². The second-order valence-corrected chi connectivity index (χ2v) is 7.42. The molecule has 2 aromatic rings. The summed E-state index contributed by atoms with van der Waals surface area (Å²) in [7, 11) is -0.626. The van der Waals surface area contributed by atoms with Crippen LogP contribution in [0.15, 0.2) is 30.3 Å². The number of thiophene rings is 1. The number of rotatable bonds is 5. The van der Waals surface area contributed by atoms with Gasteiger partial charge in [-0.2, -0.15) is 17.4 Å². The lowest BCUT2D eigenvalue weighted by Gasteiger charge is -2.14. The molecule has 0 saturated carbocycles. The van der Waals surface area contributed by atoms with Crippen LogP contribution in [0.4, 0.5) is 0 Å². The third kappa shape index (κ3) is 3.31. The Kier molecular flexibility index (Phi) is 4.22. The molecule has 19 heavy (non-hydrogen) atoms. The molecule has 0 aliphatic rings. The number of hydrogen-bond donors (Lipinski definition) is 2. The Morgan fingerprint density at radius 2 is 2.05 bits per heavy atom. The lowest BCUT2D eigenvalue weighted by molar-refractivity contribution is 0.185. The van der Waals surface area contributed by atoms with Crippen molar-refractivity contribution in [2.75, 3.05) is 20.6 Å². The summed E-state index contributed by atoms with van der Waals surface area (Å²) < 4.78 is 27.6. The Balaban J connectivity index is 2.10. The van der Waals surface area contributed by atoms with E-state index < -0.39 is 16.3 Å². The van der Waals surface area contributed by atoms with Gasteiger partial charge < -0.3 is 5.11 Å². The van der Waals surface area contributed by atoms with Gasteiger partial charge in [-0.25, -0.2) is 0 Å². The van der Waals surface area contributed by atoms with Gasteiger partial charge in [-0.1, -0.05) is 18.2 Å². The maximum Gasteiger partial charge on any atom is 0.279 e. The van der Waals surface area contributed by atoms with E-state index in [0.717, 1.165) is 19.3 Å². The SMILES string of the molecule is CN(C)S(=O)(=O)NC[C@H](O)c1cc2ccccc2s1. The molecule has 1 aromatic heterocycles. The van der Waals surface area contributed by atoms with E-state index in [2.05, 4.69) is 4.72 Å². The first-order valence-corrected chi connectivity index (χ1v) is 7.99. The van der Waals surface area contributed by atoms with Crippen LogP contribution >= 0.6 is 11.3 Å². The lowest BCUT2D eigenvalue weighted by Crippen LogP contribution is -2.37. The highest BCUT2D eigenvalue weighted by molar-refractivity contribution is 7.87. The van der Waals surface area contributed by atoms with E-state index >= 15 is 0 Å². The minimum atomic E-state index is -3.50. The third-order valence-corrected chi connectivity index (χ3v) is 5.42. The molecule has 0 aliphatic carbocycles. The molecule has 0 saturated heterocycles. The van der Waals surface area contributed by atoms with E-state index in [0.29, 0.717) is 0 Å². The fourth-order valence-electron chi connectivity index (χ4n) is 1.58. The summed E-state index contributed by atoms with van der Waals surface area (Å²) >= 11 is 1.47. The van der Waals surface area contributed by atoms with Gasteiger partial charge in [-0.15, -0.1) is 11.3 Å². The second kappa shape index (κ2) is 5.56. The van der Waals surface area contributed by atoms with E-state index in [1.165, 1.54) is 25.4 Å². The van der Waals surface area contributed by atoms with Crippen LogP contribution in [-0.4, -0.2) is 38.5 Å². The zero-order chi connectivity index (χ0) is 14.0. The molecule has 2 rings (SSSR count). The largest absolute Gasteiger partial charge is 0.386 e. The molecule has 0 unspecified atom stereocenters. The predicted octanol–water partition coefficient (Wildman–Crippen LogP) is 1.33. The topological polar surface area (TPSA) is 69.6 Å². The van der Waals surface area contributed by atoms with Crippen molar-refractivity contribution in [1.82, 2.24) is 9.03 Å². The first-order chi connectivity index (χ1) is 8.90. The Morgan fingerprint density at radius 3 is 2.68 bits per heavy atom. The fourth-order valence-corrected chi connectivity index (χ4v) is 3.26. The molecule has 1 aromatic carbocycles. The number of fused-ring (bicyclic) bond motifs is 1. The highest BCUT2D eigenvalue weighted by Gasteiger charge is 2.17. The summed E-state index contributed by atoms with van der Waals surface area (Å²) in [6.45, 7) is -0.0344. The van der Waals surface area contributed by atoms with Crippen molar-refractivity contribution in [1.29, 1.82) is 0 Å². The highest BCUT2D eigenvalue weighted by atomic mass is 32.2. The molecule has 7 heteroatoms. The van der Waals surface area contributed by atoms with Gasteiger partial charge in [-0.05, 0) is 17.5 Å². The van der Waals surface area contributed by atoms with Crippen molar-refractivity contribution in [3.8, 4) is 0 Å². The van der Waals surface area contributed by atoms with Gasteiger partial charge in [0.05, 0.1) is 0 Å². The van der Waals surface area contributed by atoms with Crippen molar-refractivity contribution in [2.45, 2.75) is 6.10 Å². The molecular weight excluding hydrogens is 284 g/mol. The monoisotopic (exact) mass is 300 g/mol. The highest BCUT2D eigenvalue weighted by Crippen LogP contribution is 2.29. The van der Waals surface area contributed by atoms with E-state index in [9.17, 15) is 13.5 Å². The molecule has 1 atom stereocenters. The Hall–Kier alpha value is -0.990. The first kappa shape index (κ1) is 14.4. The Bertz CT molecular complexity index is 631. The molecule has 0 bridgehead atoms. The van der Waals surface area contributed by atoms with E-state index in [1.54, 1.807) is 0 Å². The molecule has 1 heterocycles. The molecule has 0 aliphatic heterocycles. The van der Waals surface area contributed by atoms with E-state index in [1.807, 2.05) is 30.3 Å². The fraction of sp³-hybridized carbons (Fsp3) is 0.333. The minimum Gasteiger partial charge on any atom is -0.386 e. The number of aliphatic hydroxyl groups is 1. The summed E-state index contributed by atoms with van der Waals surface area (Å²) in [5.74, 6) is 0. The summed E-state index contributed by atoms with van der Waals surface area (Å²) in [4.78, 5) is 0.752. The number of nitrogens with one attached hydrogen (secondary N) is 1. The van der Waals surface area contributed by atoms with Crippen LogP contribution < -0.4 is 4.72 Å². The molecule has 2 N–H and O–H groups in total. The Labute approximate surface area is 116 Å². The van der Waals surface area contributed by atoms with Gasteiger partial charge in [0.25, 0.3) is 10.2 Å². The molecule has 0 radical (unpaired) electrons. The summed E-state index contributed by atoms with van der Waals surface area (Å²) in [5, 5.41) is 11.1. The standard InChI is InChI=1S/C12H16N2O3S2/c1-14(2)19(16,17)13-8-10(15)12-7-9-5-3-4-6-11(9)18-12/h3-7,10,13,15H,8H2,1-2H3/t10-/m0/s1. The van der Waals surface area contributed by atoms with Crippen molar-refractivity contribution in [3.05, 3.63) is 35.2 Å². The summed E-state index contributed by atoms with van der Waals surface area (Å²) in [6, 6.07) is 9.69. The van der Waals surface area contributed by atoms with Crippen LogP contribution in [0.1, 0.15) is 11.0 Å². The minimum absolute atomic E-state index is 0.0344. The van der Waals surface area contributed by atoms with Crippen molar-refractivity contribution in [2.24, 2.45) is 0 Å². The average Bonchev–Trinajstić information content (AvgIpc) is 2.79. The van der Waals surface area contributed by atoms with Gasteiger partial charge in [0.1, 0.15) is 6.10 Å². The smallest absolute Gasteiger partial charge is 0.279 e. The van der Waals surface area contributed by atoms with Crippen LogP contribution in [-0.2, 0) is 10.2 Å². The predicted molar refractivity (Wildman–Crippen MR) is 77.4 cm³/mol. The van der Waals surface area contributed by atoms with Crippen LogP contribution in [0.3, 0.4) is 0 Å². The van der Waals surface area contributed by atoms with Gasteiger partial charge in [0.2, 0.25) is 0 Å². The molecule has 0 amide bonds. The molecule has 5 nitrogen and oxygen atoms in total. The van der Waals surface area contributed by atoms with Gasteiger partial charge in [0, 0.05) is 30.2 Å².